The van der Waals surface area contributed by atoms with Crippen molar-refractivity contribution < 1.29 is 9.84 Å². The van der Waals surface area contributed by atoms with Crippen molar-refractivity contribution in [1.82, 2.24) is 0 Å². The maximum absolute atomic E-state index is 9.15. The zero-order valence-electron chi connectivity index (χ0n) is 7.58. The molecule has 1 aromatic heterocycles. The molecule has 2 rings (SSSR count). The average Bonchev–Trinajstić information content (AvgIpc) is 2.55. The zero-order chi connectivity index (χ0) is 10.1. The highest BCUT2D eigenvalue weighted by atomic mass is 35.5. The number of hydrogen-bond acceptors (Lipinski definition) is 3. The second-order valence-corrected chi connectivity index (χ2v) is 4.25. The number of methoxy groups -OCH3 is 1. The molecule has 0 atom stereocenters. The Kier molecular flexibility index (Phi) is 2.63. The van der Waals surface area contributed by atoms with Crippen LogP contribution < -0.4 is 4.74 Å². The Balaban J connectivity index is 2.79. The summed E-state index contributed by atoms with van der Waals surface area (Å²) >= 11 is 7.60. The fraction of sp³-hybridized carbons (Fsp3) is 0.200. The SMILES string of the molecule is COc1sc2cccc(CO)c2c1Cl. The molecule has 4 heteroatoms. The van der Waals surface area contributed by atoms with Gasteiger partial charge in [-0.25, -0.2) is 0 Å². The van der Waals surface area contributed by atoms with Crippen LogP contribution in [0, 0.1) is 0 Å². The first kappa shape index (κ1) is 9.77. The fourth-order valence-electron chi connectivity index (χ4n) is 1.42. The van der Waals surface area contributed by atoms with Gasteiger partial charge in [0, 0.05) is 10.1 Å². The van der Waals surface area contributed by atoms with Crippen molar-refractivity contribution in [2.45, 2.75) is 6.61 Å². The minimum atomic E-state index is -0.00303. The summed E-state index contributed by atoms with van der Waals surface area (Å²) in [5.74, 6) is 0. The molecule has 0 bridgehead atoms. The minimum absolute atomic E-state index is 0.00303. The van der Waals surface area contributed by atoms with Gasteiger partial charge in [0.2, 0.25) is 0 Å². The smallest absolute Gasteiger partial charge is 0.193 e. The number of ether oxygens (including phenoxy) is 1. The third kappa shape index (κ3) is 1.38. The Morgan fingerprint density at radius 3 is 2.93 bits per heavy atom. The first-order valence-electron chi connectivity index (χ1n) is 4.12. The lowest BCUT2D eigenvalue weighted by molar-refractivity contribution is 0.283. The molecule has 1 N–H and O–H groups in total. The first-order chi connectivity index (χ1) is 6.77. The second-order valence-electron chi connectivity index (χ2n) is 2.86. The van der Waals surface area contributed by atoms with Gasteiger partial charge in [0.15, 0.2) is 5.06 Å². The van der Waals surface area contributed by atoms with E-state index in [0.717, 1.165) is 15.6 Å². The molecular weight excluding hydrogens is 220 g/mol. The standard InChI is InChI=1S/C10H9ClO2S/c1-13-10-9(11)8-6(5-12)3-2-4-7(8)14-10/h2-4,12H,5H2,1H3. The van der Waals surface area contributed by atoms with Gasteiger partial charge in [-0.3, -0.25) is 0 Å². The Hall–Kier alpha value is -0.770. The van der Waals surface area contributed by atoms with Gasteiger partial charge in [-0.1, -0.05) is 35.1 Å². The van der Waals surface area contributed by atoms with E-state index in [1.165, 1.54) is 11.3 Å². The van der Waals surface area contributed by atoms with Crippen LogP contribution in [-0.2, 0) is 6.61 Å². The van der Waals surface area contributed by atoms with Crippen LogP contribution >= 0.6 is 22.9 Å². The van der Waals surface area contributed by atoms with E-state index >= 15 is 0 Å². The molecule has 1 aromatic carbocycles. The Bertz CT molecular complexity index is 464. The lowest BCUT2D eigenvalue weighted by Crippen LogP contribution is -1.83. The molecule has 0 radical (unpaired) electrons. The van der Waals surface area contributed by atoms with Crippen LogP contribution in [0.2, 0.25) is 5.02 Å². The molecule has 2 aromatic rings. The molecule has 14 heavy (non-hydrogen) atoms. The van der Waals surface area contributed by atoms with Crippen molar-refractivity contribution in [3.05, 3.63) is 28.8 Å². The predicted molar refractivity (Wildman–Crippen MR) is 59.3 cm³/mol. The number of fused-ring (bicyclic) bond motifs is 1. The monoisotopic (exact) mass is 228 g/mol. The average molecular weight is 229 g/mol. The van der Waals surface area contributed by atoms with Crippen LogP contribution in [0.15, 0.2) is 18.2 Å². The summed E-state index contributed by atoms with van der Waals surface area (Å²) in [4.78, 5) is 0. The lowest BCUT2D eigenvalue weighted by Gasteiger charge is -1.98. The van der Waals surface area contributed by atoms with Crippen molar-refractivity contribution in [2.75, 3.05) is 7.11 Å². The van der Waals surface area contributed by atoms with E-state index in [0.29, 0.717) is 10.1 Å². The van der Waals surface area contributed by atoms with Gasteiger partial charge in [-0.05, 0) is 11.6 Å². The van der Waals surface area contributed by atoms with Crippen LogP contribution in [-0.4, -0.2) is 12.2 Å². The molecule has 0 amide bonds. The van der Waals surface area contributed by atoms with Gasteiger partial charge in [0.1, 0.15) is 5.02 Å². The van der Waals surface area contributed by atoms with E-state index in [9.17, 15) is 0 Å². The molecular formula is C10H9ClO2S. The maximum atomic E-state index is 9.15. The summed E-state index contributed by atoms with van der Waals surface area (Å²) in [5.41, 5.74) is 0.840. The largest absolute Gasteiger partial charge is 0.486 e. The van der Waals surface area contributed by atoms with Gasteiger partial charge in [0.05, 0.1) is 13.7 Å². The van der Waals surface area contributed by atoms with Crippen molar-refractivity contribution in [1.29, 1.82) is 0 Å². The maximum Gasteiger partial charge on any atom is 0.193 e. The molecule has 0 aliphatic carbocycles. The molecule has 0 unspecified atom stereocenters. The van der Waals surface area contributed by atoms with E-state index in [4.69, 9.17) is 21.4 Å². The Labute approximate surface area is 90.7 Å². The highest BCUT2D eigenvalue weighted by Crippen LogP contribution is 2.42. The number of rotatable bonds is 2. The summed E-state index contributed by atoms with van der Waals surface area (Å²) in [7, 11) is 1.59. The molecule has 0 saturated heterocycles. The van der Waals surface area contributed by atoms with E-state index in [2.05, 4.69) is 0 Å². The molecule has 2 nitrogen and oxygen atoms in total. The molecule has 0 spiro atoms. The Morgan fingerprint density at radius 2 is 2.29 bits per heavy atom. The fourth-order valence-corrected chi connectivity index (χ4v) is 2.85. The summed E-state index contributed by atoms with van der Waals surface area (Å²) in [6, 6.07) is 5.73. The van der Waals surface area contributed by atoms with Crippen LogP contribution in [0.3, 0.4) is 0 Å². The number of aliphatic hydroxyl groups is 1. The van der Waals surface area contributed by atoms with Crippen molar-refractivity contribution >= 4 is 33.0 Å². The van der Waals surface area contributed by atoms with E-state index in [1.54, 1.807) is 7.11 Å². The van der Waals surface area contributed by atoms with Crippen molar-refractivity contribution in [2.24, 2.45) is 0 Å². The molecule has 0 aliphatic rings. The van der Waals surface area contributed by atoms with E-state index in [-0.39, 0.29) is 6.61 Å². The second kappa shape index (κ2) is 3.77. The summed E-state index contributed by atoms with van der Waals surface area (Å²) in [6.45, 7) is -0.00303. The number of halogens is 1. The van der Waals surface area contributed by atoms with Crippen LogP contribution in [0.25, 0.3) is 10.1 Å². The van der Waals surface area contributed by atoms with Crippen molar-refractivity contribution in [3.8, 4) is 5.06 Å². The number of benzene rings is 1. The quantitative estimate of drug-likeness (QED) is 0.856. The van der Waals surface area contributed by atoms with Crippen molar-refractivity contribution in [3.63, 3.8) is 0 Å². The molecule has 0 aliphatic heterocycles. The highest BCUT2D eigenvalue weighted by Gasteiger charge is 2.13. The highest BCUT2D eigenvalue weighted by molar-refractivity contribution is 7.21. The number of aliphatic hydroxyl groups excluding tert-OH is 1. The van der Waals surface area contributed by atoms with Crippen LogP contribution in [0.1, 0.15) is 5.56 Å². The molecule has 0 saturated carbocycles. The van der Waals surface area contributed by atoms with Gasteiger partial charge < -0.3 is 9.84 Å². The zero-order valence-corrected chi connectivity index (χ0v) is 9.15. The topological polar surface area (TPSA) is 29.5 Å². The lowest BCUT2D eigenvalue weighted by atomic mass is 10.1. The van der Waals surface area contributed by atoms with Gasteiger partial charge in [-0.15, -0.1) is 0 Å². The molecule has 0 fully saturated rings. The number of thiophene rings is 1. The third-order valence-corrected chi connectivity index (χ3v) is 3.66. The predicted octanol–water partition coefficient (Wildman–Crippen LogP) is 3.06. The first-order valence-corrected chi connectivity index (χ1v) is 5.32. The van der Waals surface area contributed by atoms with Crippen LogP contribution in [0.4, 0.5) is 0 Å². The Morgan fingerprint density at radius 1 is 1.50 bits per heavy atom. The normalized spacial score (nSPS) is 10.8. The van der Waals surface area contributed by atoms with Gasteiger partial charge in [0.25, 0.3) is 0 Å². The third-order valence-electron chi connectivity index (χ3n) is 2.07. The van der Waals surface area contributed by atoms with Gasteiger partial charge >= 0.3 is 0 Å². The van der Waals surface area contributed by atoms with Gasteiger partial charge in [-0.2, -0.15) is 0 Å². The summed E-state index contributed by atoms with van der Waals surface area (Å²) in [6.07, 6.45) is 0. The molecule has 74 valence electrons. The summed E-state index contributed by atoms with van der Waals surface area (Å²) in [5, 5.41) is 11.3. The summed E-state index contributed by atoms with van der Waals surface area (Å²) < 4.78 is 6.17. The minimum Gasteiger partial charge on any atom is -0.486 e. The molecule has 1 heterocycles. The van der Waals surface area contributed by atoms with Crippen LogP contribution in [0.5, 0.6) is 5.06 Å². The van der Waals surface area contributed by atoms with E-state index < -0.39 is 0 Å². The number of hydrogen-bond donors (Lipinski definition) is 1. The van der Waals surface area contributed by atoms with E-state index in [1.807, 2.05) is 18.2 Å².